The van der Waals surface area contributed by atoms with E-state index < -0.39 is 24.4 Å². The van der Waals surface area contributed by atoms with Crippen molar-refractivity contribution in [2.75, 3.05) is 20.3 Å². The molecule has 10 nitrogen and oxygen atoms in total. The van der Waals surface area contributed by atoms with Gasteiger partial charge in [0.05, 0.1) is 47.7 Å². The van der Waals surface area contributed by atoms with E-state index in [2.05, 4.69) is 5.32 Å². The Morgan fingerprint density at radius 2 is 2.00 bits per heavy atom. The van der Waals surface area contributed by atoms with Crippen molar-refractivity contribution in [3.63, 3.8) is 0 Å². The summed E-state index contributed by atoms with van der Waals surface area (Å²) < 4.78 is 29.3. The molecule has 1 atom stereocenters. The van der Waals surface area contributed by atoms with Gasteiger partial charge < -0.3 is 19.1 Å². The average molecular weight is 422 g/mol. The zero-order valence-electron chi connectivity index (χ0n) is 15.7. The van der Waals surface area contributed by atoms with Crippen molar-refractivity contribution in [1.82, 2.24) is 5.32 Å². The van der Waals surface area contributed by atoms with Crippen LogP contribution < -0.4 is 5.32 Å². The first-order valence-electron chi connectivity index (χ1n) is 8.72. The first kappa shape index (κ1) is 20.9. The molecule has 0 spiro atoms. The minimum atomic E-state index is -3.90. The van der Waals surface area contributed by atoms with Crippen LogP contribution in [-0.4, -0.2) is 37.5 Å². The number of benzene rings is 1. The maximum atomic E-state index is 13.5. The van der Waals surface area contributed by atoms with E-state index in [9.17, 15) is 24.3 Å². The van der Waals surface area contributed by atoms with Gasteiger partial charge >= 0.3 is 13.6 Å². The van der Waals surface area contributed by atoms with Crippen molar-refractivity contribution in [1.29, 1.82) is 0 Å². The molecule has 0 aliphatic carbocycles. The summed E-state index contributed by atoms with van der Waals surface area (Å²) in [7, 11) is -2.78. The molecule has 1 aromatic carbocycles. The van der Waals surface area contributed by atoms with E-state index in [0.29, 0.717) is 12.7 Å². The third-order valence-corrected chi connectivity index (χ3v) is 6.86. The number of esters is 1. The smallest absolute Gasteiger partial charge is 0.360 e. The maximum absolute atomic E-state index is 13.5. The second-order valence-corrected chi connectivity index (χ2v) is 8.33. The number of nitro benzene ring substituents is 1. The molecule has 3 rings (SSSR count). The molecular formula is C18H19N2O8P. The molecule has 2 aliphatic heterocycles. The van der Waals surface area contributed by atoms with Crippen LogP contribution in [0.5, 0.6) is 0 Å². The number of allylic oxidation sites excluding steroid dienone is 3. The minimum absolute atomic E-state index is 0.0394. The van der Waals surface area contributed by atoms with Crippen molar-refractivity contribution in [2.24, 2.45) is 0 Å². The van der Waals surface area contributed by atoms with Gasteiger partial charge in [0.25, 0.3) is 5.69 Å². The van der Waals surface area contributed by atoms with Gasteiger partial charge in [0.15, 0.2) is 6.29 Å². The van der Waals surface area contributed by atoms with Crippen molar-refractivity contribution in [2.45, 2.75) is 19.3 Å². The monoisotopic (exact) mass is 422 g/mol. The molecule has 154 valence electrons. The van der Waals surface area contributed by atoms with Gasteiger partial charge in [0, 0.05) is 17.3 Å². The molecular weight excluding hydrogens is 403 g/mol. The van der Waals surface area contributed by atoms with E-state index in [4.69, 9.17) is 13.8 Å². The molecule has 1 unspecified atom stereocenters. The van der Waals surface area contributed by atoms with Crippen LogP contribution in [0.2, 0.25) is 0 Å². The number of methoxy groups -OCH3 is 1. The highest BCUT2D eigenvalue weighted by atomic mass is 31.2. The molecule has 1 fully saturated rings. The Hall–Kier alpha value is -2.81. The number of ether oxygens (including phenoxy) is 1. The molecule has 0 aromatic heterocycles. The largest absolute Gasteiger partial charge is 0.466 e. The number of hydrogen-bond donors (Lipinski definition) is 1. The lowest BCUT2D eigenvalue weighted by molar-refractivity contribution is -0.385. The number of rotatable bonds is 5. The van der Waals surface area contributed by atoms with Crippen LogP contribution in [0.4, 0.5) is 5.69 Å². The molecule has 1 aromatic rings. The van der Waals surface area contributed by atoms with Crippen LogP contribution in [0.15, 0.2) is 46.5 Å². The molecule has 2 aliphatic rings. The third-order valence-electron chi connectivity index (χ3n) is 4.63. The molecule has 0 saturated carbocycles. The SMILES string of the molecule is COC(=O)C1=C(C=O)NC(C)=C(P2(=O)OCCCO2)C1c1ccccc1[N+](=O)[O-]. The quantitative estimate of drug-likeness (QED) is 0.250. The third kappa shape index (κ3) is 3.74. The van der Waals surface area contributed by atoms with E-state index in [1.165, 1.54) is 25.1 Å². The Balaban J connectivity index is 2.33. The number of hydrogen-bond acceptors (Lipinski definition) is 9. The summed E-state index contributed by atoms with van der Waals surface area (Å²) in [5.74, 6) is -2.12. The number of carbonyl (C=O) groups excluding carboxylic acids is 2. The Bertz CT molecular complexity index is 974. The first-order chi connectivity index (χ1) is 13.8. The highest BCUT2D eigenvalue weighted by molar-refractivity contribution is 7.58. The highest BCUT2D eigenvalue weighted by Gasteiger charge is 2.47. The van der Waals surface area contributed by atoms with Gasteiger partial charge in [-0.15, -0.1) is 0 Å². The number of nitrogens with one attached hydrogen (secondary N) is 1. The molecule has 1 saturated heterocycles. The van der Waals surface area contributed by atoms with Gasteiger partial charge in [0.1, 0.15) is 0 Å². The first-order valence-corrected chi connectivity index (χ1v) is 10.3. The molecule has 0 bridgehead atoms. The fraction of sp³-hybridized carbons (Fsp3) is 0.333. The zero-order chi connectivity index (χ0) is 21.2. The topological polar surface area (TPSA) is 134 Å². The Kier molecular flexibility index (Phi) is 5.97. The van der Waals surface area contributed by atoms with Gasteiger partial charge in [-0.05, 0) is 13.3 Å². The summed E-state index contributed by atoms with van der Waals surface area (Å²) in [6.07, 6.45) is 0.937. The van der Waals surface area contributed by atoms with Gasteiger partial charge in [-0.3, -0.25) is 19.5 Å². The molecule has 2 heterocycles. The molecule has 29 heavy (non-hydrogen) atoms. The van der Waals surface area contributed by atoms with Crippen molar-refractivity contribution in [3.05, 3.63) is 62.2 Å². The van der Waals surface area contributed by atoms with Gasteiger partial charge in [-0.2, -0.15) is 0 Å². The zero-order valence-corrected chi connectivity index (χ0v) is 16.6. The van der Waals surface area contributed by atoms with E-state index in [1.54, 1.807) is 6.07 Å². The fourth-order valence-electron chi connectivity index (χ4n) is 3.44. The summed E-state index contributed by atoms with van der Waals surface area (Å²) in [5, 5.41) is 14.4. The summed E-state index contributed by atoms with van der Waals surface area (Å²) in [5.41, 5.74) is -0.315. The molecule has 0 radical (unpaired) electrons. The van der Waals surface area contributed by atoms with E-state index in [-0.39, 0.29) is 46.7 Å². The van der Waals surface area contributed by atoms with E-state index in [1.807, 2.05) is 0 Å². The van der Waals surface area contributed by atoms with Crippen molar-refractivity contribution >= 4 is 25.5 Å². The van der Waals surface area contributed by atoms with Gasteiger partial charge in [-0.25, -0.2) is 4.79 Å². The second-order valence-electron chi connectivity index (χ2n) is 6.34. The second kappa shape index (κ2) is 8.28. The number of carbonyl (C=O) groups is 2. The van der Waals surface area contributed by atoms with E-state index in [0.717, 1.165) is 7.11 Å². The summed E-state index contributed by atoms with van der Waals surface area (Å²) in [6, 6.07) is 5.71. The van der Waals surface area contributed by atoms with Crippen LogP contribution in [0, 0.1) is 10.1 Å². The molecule has 1 N–H and O–H groups in total. The minimum Gasteiger partial charge on any atom is -0.466 e. The lowest BCUT2D eigenvalue weighted by atomic mass is 9.85. The Morgan fingerprint density at radius 1 is 1.34 bits per heavy atom. The Morgan fingerprint density at radius 3 is 2.59 bits per heavy atom. The Labute approximate surface area is 166 Å². The van der Waals surface area contributed by atoms with Crippen LogP contribution >= 0.6 is 7.60 Å². The summed E-state index contributed by atoms with van der Waals surface area (Å²) in [6.45, 7) is 1.86. The van der Waals surface area contributed by atoms with E-state index >= 15 is 0 Å². The van der Waals surface area contributed by atoms with Crippen molar-refractivity contribution < 1.29 is 32.9 Å². The number of dihydropyridines is 1. The maximum Gasteiger partial charge on any atom is 0.360 e. The number of aldehydes is 1. The normalized spacial score (nSPS) is 21.4. The average Bonchev–Trinajstić information content (AvgIpc) is 2.72. The van der Waals surface area contributed by atoms with Gasteiger partial charge in [0.2, 0.25) is 0 Å². The summed E-state index contributed by atoms with van der Waals surface area (Å²) >= 11 is 0. The van der Waals surface area contributed by atoms with Crippen LogP contribution in [0.3, 0.4) is 0 Å². The predicted octanol–water partition coefficient (Wildman–Crippen LogP) is 2.77. The van der Waals surface area contributed by atoms with Crippen molar-refractivity contribution in [3.8, 4) is 0 Å². The number of nitro groups is 1. The fourth-order valence-corrected chi connectivity index (χ4v) is 5.58. The lowest BCUT2D eigenvalue weighted by Gasteiger charge is -2.35. The molecule has 11 heteroatoms. The standard InChI is InChI=1S/C18H19N2O8P/c1-11-17(29(25)27-8-5-9-28-29)15(12-6-3-4-7-14(12)20(23)24)16(18(22)26-2)13(10-21)19-11/h3-4,6-7,10,15,19H,5,8-9H2,1-2H3. The predicted molar refractivity (Wildman–Crippen MR) is 101 cm³/mol. The summed E-state index contributed by atoms with van der Waals surface area (Å²) in [4.78, 5) is 35.3. The highest BCUT2D eigenvalue weighted by Crippen LogP contribution is 2.65. The molecule has 0 amide bonds. The van der Waals surface area contributed by atoms with Crippen LogP contribution in [-0.2, 0) is 27.9 Å². The van der Waals surface area contributed by atoms with Crippen LogP contribution in [0.1, 0.15) is 24.8 Å². The van der Waals surface area contributed by atoms with Gasteiger partial charge in [-0.1, -0.05) is 18.2 Å². The van der Waals surface area contributed by atoms with Crippen LogP contribution in [0.25, 0.3) is 0 Å². The number of nitrogens with zero attached hydrogens (tertiary/aromatic N) is 1. The number of para-hydroxylation sites is 1. The lowest BCUT2D eigenvalue weighted by Crippen LogP contribution is -2.31.